The number of H-pyrrole nitrogens is 1. The van der Waals surface area contributed by atoms with Crippen LogP contribution in [0.3, 0.4) is 0 Å². The molecule has 0 bridgehead atoms. The summed E-state index contributed by atoms with van der Waals surface area (Å²) in [6, 6.07) is 1.70. The Morgan fingerprint density at radius 2 is 1.86 bits per heavy atom. The highest BCUT2D eigenvalue weighted by molar-refractivity contribution is 6.26. The second kappa shape index (κ2) is 6.03. The van der Waals surface area contributed by atoms with E-state index in [0.29, 0.717) is 11.3 Å². The lowest BCUT2D eigenvalue weighted by atomic mass is 9.77. The lowest BCUT2D eigenvalue weighted by Crippen LogP contribution is -2.30. The maximum Gasteiger partial charge on any atom is 0.178 e. The van der Waals surface area contributed by atoms with E-state index in [1.54, 1.807) is 12.3 Å². The van der Waals surface area contributed by atoms with Gasteiger partial charge in [-0.3, -0.25) is 4.79 Å². The van der Waals surface area contributed by atoms with Crippen molar-refractivity contribution in [3.8, 4) is 0 Å². The Hall–Kier alpha value is -1.36. The summed E-state index contributed by atoms with van der Waals surface area (Å²) in [6.07, 6.45) is 7.33. The average molecular weight is 324 g/mol. The van der Waals surface area contributed by atoms with E-state index in [2.05, 4.69) is 4.98 Å². The summed E-state index contributed by atoms with van der Waals surface area (Å²) in [6.45, 7) is 5.20. The van der Waals surface area contributed by atoms with Crippen LogP contribution in [0, 0.1) is 5.41 Å². The van der Waals surface area contributed by atoms with Crippen molar-refractivity contribution in [2.45, 2.75) is 44.3 Å². The standard InChI is InChI=1S/C17H22ClNO3/c1-11(20)14(21)10-13-12(4-9-19-13)15(22)16(2)5-7-17(3,18)8-6-16/h4-9,11,14,19-21H,10H2,1-3H3. The Balaban J connectivity index is 2.25. The molecule has 1 aromatic rings. The van der Waals surface area contributed by atoms with Crippen LogP contribution in [-0.2, 0) is 6.42 Å². The minimum absolute atomic E-state index is 0.0683. The van der Waals surface area contributed by atoms with Crippen LogP contribution in [0.25, 0.3) is 0 Å². The van der Waals surface area contributed by atoms with Gasteiger partial charge in [0.05, 0.1) is 22.5 Å². The highest BCUT2D eigenvalue weighted by atomic mass is 35.5. The number of carbonyl (C=O) groups is 1. The van der Waals surface area contributed by atoms with Crippen molar-refractivity contribution in [1.82, 2.24) is 4.98 Å². The highest BCUT2D eigenvalue weighted by Crippen LogP contribution is 2.35. The molecule has 0 saturated carbocycles. The number of Topliss-reactive ketones (excluding diaryl/α,β-unsaturated/α-hetero) is 1. The van der Waals surface area contributed by atoms with E-state index in [1.165, 1.54) is 6.92 Å². The second-order valence-electron chi connectivity index (χ2n) is 6.31. The zero-order chi connectivity index (χ0) is 16.5. The number of hydrogen-bond acceptors (Lipinski definition) is 3. The summed E-state index contributed by atoms with van der Waals surface area (Å²) >= 11 is 6.21. The van der Waals surface area contributed by atoms with Crippen LogP contribution in [0.15, 0.2) is 36.6 Å². The Bertz CT molecular complexity index is 597. The topological polar surface area (TPSA) is 73.3 Å². The van der Waals surface area contributed by atoms with Gasteiger partial charge in [-0.05, 0) is 26.8 Å². The summed E-state index contributed by atoms with van der Waals surface area (Å²) < 4.78 is 0. The Kier molecular flexibility index (Phi) is 4.66. The zero-order valence-electron chi connectivity index (χ0n) is 13.0. The predicted octanol–water partition coefficient (Wildman–Crippen LogP) is 2.61. The molecule has 0 radical (unpaired) electrons. The molecule has 1 aromatic heterocycles. The SMILES string of the molecule is CC(O)C(O)Cc1[nH]ccc1C(=O)C1(C)C=CC(C)(Cl)C=C1. The van der Waals surface area contributed by atoms with E-state index in [0.717, 1.165) is 0 Å². The average Bonchev–Trinajstić information content (AvgIpc) is 2.89. The number of alkyl halides is 1. The zero-order valence-corrected chi connectivity index (χ0v) is 13.8. The largest absolute Gasteiger partial charge is 0.391 e. The summed E-state index contributed by atoms with van der Waals surface area (Å²) in [4.78, 5) is 15.3. The Labute approximate surface area is 135 Å². The van der Waals surface area contributed by atoms with Gasteiger partial charge in [0, 0.05) is 23.9 Å². The first-order valence-corrected chi connectivity index (χ1v) is 7.69. The number of rotatable bonds is 5. The molecule has 1 heterocycles. The van der Waals surface area contributed by atoms with E-state index in [9.17, 15) is 15.0 Å². The first-order valence-electron chi connectivity index (χ1n) is 7.31. The molecule has 4 nitrogen and oxygen atoms in total. The molecule has 3 N–H and O–H groups in total. The summed E-state index contributed by atoms with van der Waals surface area (Å²) in [5.41, 5.74) is 0.386. The van der Waals surface area contributed by atoms with Gasteiger partial charge in [0.25, 0.3) is 0 Å². The minimum Gasteiger partial charge on any atom is -0.391 e. The minimum atomic E-state index is -0.915. The third-order valence-electron chi connectivity index (χ3n) is 4.05. The number of hydrogen-bond donors (Lipinski definition) is 3. The van der Waals surface area contributed by atoms with Gasteiger partial charge in [0.2, 0.25) is 0 Å². The van der Waals surface area contributed by atoms with Gasteiger partial charge in [-0.2, -0.15) is 0 Å². The number of allylic oxidation sites excluding steroid dienone is 4. The first-order chi connectivity index (χ1) is 10.1. The fourth-order valence-corrected chi connectivity index (χ4v) is 2.52. The van der Waals surface area contributed by atoms with Crippen LogP contribution < -0.4 is 0 Å². The third-order valence-corrected chi connectivity index (χ3v) is 4.30. The smallest absolute Gasteiger partial charge is 0.178 e. The highest BCUT2D eigenvalue weighted by Gasteiger charge is 2.34. The molecule has 2 atom stereocenters. The monoisotopic (exact) mass is 323 g/mol. The lowest BCUT2D eigenvalue weighted by molar-refractivity contribution is 0.0313. The van der Waals surface area contributed by atoms with Crippen molar-refractivity contribution in [3.63, 3.8) is 0 Å². The van der Waals surface area contributed by atoms with Crippen molar-refractivity contribution >= 4 is 17.4 Å². The van der Waals surface area contributed by atoms with Crippen LogP contribution in [0.2, 0.25) is 0 Å². The fraction of sp³-hybridized carbons (Fsp3) is 0.471. The van der Waals surface area contributed by atoms with Crippen molar-refractivity contribution in [2.24, 2.45) is 5.41 Å². The van der Waals surface area contributed by atoms with E-state index in [-0.39, 0.29) is 12.2 Å². The van der Waals surface area contributed by atoms with E-state index in [1.807, 2.05) is 38.2 Å². The van der Waals surface area contributed by atoms with Crippen LogP contribution >= 0.6 is 11.6 Å². The van der Waals surface area contributed by atoms with Crippen LogP contribution in [-0.4, -0.2) is 38.1 Å². The van der Waals surface area contributed by atoms with Gasteiger partial charge >= 0.3 is 0 Å². The van der Waals surface area contributed by atoms with Crippen LogP contribution in [0.5, 0.6) is 0 Å². The Morgan fingerprint density at radius 3 is 2.41 bits per heavy atom. The number of aliphatic hydroxyl groups excluding tert-OH is 2. The summed E-state index contributed by atoms with van der Waals surface area (Å²) in [5, 5.41) is 19.2. The van der Waals surface area contributed by atoms with Crippen molar-refractivity contribution in [3.05, 3.63) is 47.8 Å². The quantitative estimate of drug-likeness (QED) is 0.443. The first kappa shape index (κ1) is 17.0. The van der Waals surface area contributed by atoms with Crippen molar-refractivity contribution < 1.29 is 15.0 Å². The normalized spacial score (nSPS) is 30.3. The molecule has 22 heavy (non-hydrogen) atoms. The molecule has 0 saturated heterocycles. The van der Waals surface area contributed by atoms with Gasteiger partial charge in [-0.15, -0.1) is 11.6 Å². The number of ketones is 1. The fourth-order valence-electron chi connectivity index (χ4n) is 2.39. The molecule has 0 amide bonds. The van der Waals surface area contributed by atoms with Crippen LogP contribution in [0.1, 0.15) is 36.8 Å². The predicted molar refractivity (Wildman–Crippen MR) is 87.2 cm³/mol. The molecular weight excluding hydrogens is 302 g/mol. The Morgan fingerprint density at radius 1 is 1.27 bits per heavy atom. The van der Waals surface area contributed by atoms with Gasteiger partial charge in [0.15, 0.2) is 5.78 Å². The molecule has 0 aliphatic heterocycles. The number of nitrogens with one attached hydrogen (secondary N) is 1. The maximum atomic E-state index is 12.9. The van der Waals surface area contributed by atoms with Crippen LogP contribution in [0.4, 0.5) is 0 Å². The van der Waals surface area contributed by atoms with Gasteiger partial charge in [0.1, 0.15) is 0 Å². The maximum absolute atomic E-state index is 12.9. The number of aromatic amines is 1. The molecule has 2 rings (SSSR count). The van der Waals surface area contributed by atoms with E-state index < -0.39 is 22.5 Å². The number of aromatic nitrogens is 1. The number of aliphatic hydroxyl groups is 2. The third kappa shape index (κ3) is 3.51. The van der Waals surface area contributed by atoms with E-state index >= 15 is 0 Å². The van der Waals surface area contributed by atoms with Gasteiger partial charge in [-0.25, -0.2) is 0 Å². The molecule has 5 heteroatoms. The molecule has 0 aromatic carbocycles. The molecule has 120 valence electrons. The van der Waals surface area contributed by atoms with Gasteiger partial charge in [-0.1, -0.05) is 24.3 Å². The van der Waals surface area contributed by atoms with Gasteiger partial charge < -0.3 is 15.2 Å². The summed E-state index contributed by atoms with van der Waals surface area (Å²) in [7, 11) is 0. The number of halogens is 1. The second-order valence-corrected chi connectivity index (χ2v) is 7.13. The number of carbonyl (C=O) groups excluding carboxylic acids is 1. The van der Waals surface area contributed by atoms with E-state index in [4.69, 9.17) is 11.6 Å². The molecule has 0 spiro atoms. The van der Waals surface area contributed by atoms with Crippen molar-refractivity contribution in [1.29, 1.82) is 0 Å². The molecular formula is C17H22ClNO3. The molecule has 2 unspecified atom stereocenters. The molecule has 1 aliphatic rings. The van der Waals surface area contributed by atoms with Crippen molar-refractivity contribution in [2.75, 3.05) is 0 Å². The molecule has 0 fully saturated rings. The lowest BCUT2D eigenvalue weighted by Gasteiger charge is -2.28. The summed E-state index contributed by atoms with van der Waals surface area (Å²) in [5.74, 6) is -0.0683. The molecule has 1 aliphatic carbocycles.